The molecule has 0 unspecified atom stereocenters. The van der Waals surface area contributed by atoms with E-state index in [1.54, 1.807) is 0 Å². The van der Waals surface area contributed by atoms with Crippen molar-refractivity contribution in [3.8, 4) is 5.69 Å². The van der Waals surface area contributed by atoms with Crippen molar-refractivity contribution in [2.75, 3.05) is 19.0 Å². The molecule has 0 radical (unpaired) electrons. The molecule has 12 nitrogen and oxygen atoms in total. The molecular weight excluding hydrogens is 408 g/mol. The quantitative estimate of drug-likeness (QED) is 0.326. The van der Waals surface area contributed by atoms with Crippen molar-refractivity contribution in [2.24, 2.45) is 0 Å². The number of anilines is 1. The molecule has 0 aliphatic carbocycles. The predicted molar refractivity (Wildman–Crippen MR) is 107 cm³/mol. The highest BCUT2D eigenvalue weighted by molar-refractivity contribution is 6.05. The third-order valence-electron chi connectivity index (χ3n) is 4.13. The summed E-state index contributed by atoms with van der Waals surface area (Å²) in [6.45, 7) is -0.267. The van der Waals surface area contributed by atoms with Gasteiger partial charge in [0.2, 0.25) is 0 Å². The first-order chi connectivity index (χ1) is 14.9. The topological polar surface area (TPSA) is 158 Å². The molecule has 2 N–H and O–H groups in total. The van der Waals surface area contributed by atoms with Crippen LogP contribution in [0.2, 0.25) is 0 Å². The monoisotopic (exact) mass is 424 g/mol. The number of hydrogen-bond donors (Lipinski definition) is 2. The maximum atomic E-state index is 12.5. The van der Waals surface area contributed by atoms with E-state index < -0.39 is 22.7 Å². The Hall–Kier alpha value is -4.61. The summed E-state index contributed by atoms with van der Waals surface area (Å²) in [5.41, 5.74) is 0.569. The summed E-state index contributed by atoms with van der Waals surface area (Å²) in [5.74, 6) is -1.64. The van der Waals surface area contributed by atoms with Gasteiger partial charge >= 0.3 is 5.97 Å². The molecule has 0 aliphatic rings. The van der Waals surface area contributed by atoms with E-state index in [2.05, 4.69) is 25.5 Å². The number of nitro groups is 1. The third kappa shape index (κ3) is 5.06. The van der Waals surface area contributed by atoms with E-state index in [1.807, 2.05) is 0 Å². The van der Waals surface area contributed by atoms with Gasteiger partial charge in [0.15, 0.2) is 0 Å². The molecular formula is C19H16N6O6. The number of nitrogens with one attached hydrogen (secondary N) is 2. The molecule has 0 fully saturated rings. The molecule has 12 heteroatoms. The fourth-order valence-corrected chi connectivity index (χ4v) is 2.57. The molecule has 3 rings (SSSR count). The number of benzene rings is 2. The number of nitrogens with zero attached hydrogens (tertiary/aromatic N) is 4. The van der Waals surface area contributed by atoms with Crippen LogP contribution in [0, 0.1) is 10.1 Å². The van der Waals surface area contributed by atoms with E-state index in [0.29, 0.717) is 5.69 Å². The van der Waals surface area contributed by atoms with Crippen LogP contribution in [0.25, 0.3) is 5.69 Å². The van der Waals surface area contributed by atoms with E-state index in [1.165, 1.54) is 60.8 Å². The Bertz CT molecular complexity index is 1130. The minimum absolute atomic E-state index is 0.0652. The average molecular weight is 424 g/mol. The van der Waals surface area contributed by atoms with E-state index in [0.717, 1.165) is 6.07 Å². The zero-order chi connectivity index (χ0) is 22.4. The second kappa shape index (κ2) is 9.26. The van der Waals surface area contributed by atoms with Crippen LogP contribution in [-0.4, -0.2) is 51.1 Å². The minimum Gasteiger partial charge on any atom is -0.468 e. The summed E-state index contributed by atoms with van der Waals surface area (Å²) >= 11 is 0. The highest BCUT2D eigenvalue weighted by Crippen LogP contribution is 2.24. The summed E-state index contributed by atoms with van der Waals surface area (Å²) in [4.78, 5) is 50.1. The smallest absolute Gasteiger partial charge is 0.325 e. The highest BCUT2D eigenvalue weighted by Gasteiger charge is 2.19. The SMILES string of the molecule is COC(=O)CNC(=O)c1ccc(NC(=O)c2ccc(-n3cncn3)c([N+](=O)[O-])c2)cc1. The number of hydrogen-bond acceptors (Lipinski definition) is 8. The van der Waals surface area contributed by atoms with Crippen LogP contribution < -0.4 is 10.6 Å². The van der Waals surface area contributed by atoms with Crippen LogP contribution in [0.4, 0.5) is 11.4 Å². The standard InChI is InChI=1S/C19H16N6O6/c1-31-17(26)9-21-18(27)12-2-5-14(6-3-12)23-19(28)13-4-7-15(16(8-13)25(29)30)24-11-20-10-22-24/h2-8,10-11H,9H2,1H3,(H,21,27)(H,23,28). The molecule has 31 heavy (non-hydrogen) atoms. The summed E-state index contributed by atoms with van der Waals surface area (Å²) in [6, 6.07) is 9.86. The lowest BCUT2D eigenvalue weighted by atomic mass is 10.1. The lowest BCUT2D eigenvalue weighted by molar-refractivity contribution is -0.384. The van der Waals surface area contributed by atoms with Crippen molar-refractivity contribution in [3.05, 3.63) is 76.4 Å². The Kier molecular flexibility index (Phi) is 6.30. The van der Waals surface area contributed by atoms with Gasteiger partial charge in [-0.25, -0.2) is 9.67 Å². The van der Waals surface area contributed by atoms with Gasteiger partial charge in [0.1, 0.15) is 24.9 Å². The van der Waals surface area contributed by atoms with Gasteiger partial charge in [0.25, 0.3) is 17.5 Å². The molecule has 0 aliphatic heterocycles. The average Bonchev–Trinajstić information content (AvgIpc) is 3.32. The van der Waals surface area contributed by atoms with Crippen LogP contribution >= 0.6 is 0 Å². The molecule has 0 atom stereocenters. The van der Waals surface area contributed by atoms with Crippen LogP contribution in [0.3, 0.4) is 0 Å². The van der Waals surface area contributed by atoms with E-state index in [-0.39, 0.29) is 29.0 Å². The molecule has 1 aromatic heterocycles. The van der Waals surface area contributed by atoms with E-state index >= 15 is 0 Å². The first-order valence-electron chi connectivity index (χ1n) is 8.79. The van der Waals surface area contributed by atoms with Crippen LogP contribution in [0.5, 0.6) is 0 Å². The molecule has 0 spiro atoms. The molecule has 0 saturated heterocycles. The van der Waals surface area contributed by atoms with Crippen molar-refractivity contribution < 1.29 is 24.0 Å². The molecule has 3 aromatic rings. The van der Waals surface area contributed by atoms with Crippen molar-refractivity contribution in [2.45, 2.75) is 0 Å². The molecule has 0 bridgehead atoms. The van der Waals surface area contributed by atoms with Gasteiger partial charge in [-0.2, -0.15) is 5.10 Å². The minimum atomic E-state index is -0.616. The summed E-state index contributed by atoms with van der Waals surface area (Å²) in [5, 5.41) is 20.3. The third-order valence-corrected chi connectivity index (χ3v) is 4.13. The lowest BCUT2D eigenvalue weighted by Gasteiger charge is -2.08. The number of rotatable bonds is 7. The summed E-state index contributed by atoms with van der Waals surface area (Å²) in [7, 11) is 1.21. The molecule has 2 aromatic carbocycles. The van der Waals surface area contributed by atoms with Crippen LogP contribution in [0.15, 0.2) is 55.1 Å². The molecule has 2 amide bonds. The zero-order valence-electron chi connectivity index (χ0n) is 16.1. The van der Waals surface area contributed by atoms with Crippen LogP contribution in [-0.2, 0) is 9.53 Å². The van der Waals surface area contributed by atoms with Crippen LogP contribution in [0.1, 0.15) is 20.7 Å². The number of carbonyl (C=O) groups excluding carboxylic acids is 3. The number of carbonyl (C=O) groups is 3. The fraction of sp³-hybridized carbons (Fsp3) is 0.105. The number of amides is 2. The lowest BCUT2D eigenvalue weighted by Crippen LogP contribution is -2.30. The predicted octanol–water partition coefficient (Wildman–Crippen LogP) is 1.33. The van der Waals surface area contributed by atoms with Gasteiger partial charge in [-0.15, -0.1) is 0 Å². The fourth-order valence-electron chi connectivity index (χ4n) is 2.57. The maximum Gasteiger partial charge on any atom is 0.325 e. The van der Waals surface area contributed by atoms with Crippen molar-refractivity contribution in [3.63, 3.8) is 0 Å². The number of aromatic nitrogens is 3. The Labute approximate surface area is 175 Å². The number of nitro benzene ring substituents is 1. The van der Waals surface area contributed by atoms with Gasteiger partial charge < -0.3 is 15.4 Å². The van der Waals surface area contributed by atoms with Crippen molar-refractivity contribution >= 4 is 29.2 Å². The number of ether oxygens (including phenoxy) is 1. The van der Waals surface area contributed by atoms with E-state index in [9.17, 15) is 24.5 Å². The second-order valence-electron chi connectivity index (χ2n) is 6.09. The van der Waals surface area contributed by atoms with Gasteiger partial charge in [-0.1, -0.05) is 0 Å². The first-order valence-corrected chi connectivity index (χ1v) is 8.79. The summed E-state index contributed by atoms with van der Waals surface area (Å²) in [6.07, 6.45) is 2.55. The van der Waals surface area contributed by atoms with Crippen molar-refractivity contribution in [1.82, 2.24) is 20.1 Å². The largest absolute Gasteiger partial charge is 0.468 e. The second-order valence-corrected chi connectivity index (χ2v) is 6.09. The number of methoxy groups -OCH3 is 1. The van der Waals surface area contributed by atoms with Gasteiger partial charge in [-0.3, -0.25) is 24.5 Å². The first kappa shape index (κ1) is 21.1. The Morgan fingerprint density at radius 3 is 2.42 bits per heavy atom. The van der Waals surface area contributed by atoms with Gasteiger partial charge in [0, 0.05) is 22.9 Å². The molecule has 1 heterocycles. The Morgan fingerprint density at radius 2 is 1.81 bits per heavy atom. The van der Waals surface area contributed by atoms with Gasteiger partial charge in [0.05, 0.1) is 12.0 Å². The Morgan fingerprint density at radius 1 is 1.10 bits per heavy atom. The summed E-state index contributed by atoms with van der Waals surface area (Å²) < 4.78 is 5.67. The number of esters is 1. The molecule has 0 saturated carbocycles. The maximum absolute atomic E-state index is 12.5. The van der Waals surface area contributed by atoms with Gasteiger partial charge in [-0.05, 0) is 36.4 Å². The normalized spacial score (nSPS) is 10.2. The molecule has 158 valence electrons. The zero-order valence-corrected chi connectivity index (χ0v) is 16.1. The van der Waals surface area contributed by atoms with Crippen molar-refractivity contribution in [1.29, 1.82) is 0 Å². The van der Waals surface area contributed by atoms with E-state index in [4.69, 9.17) is 0 Å². The highest BCUT2D eigenvalue weighted by atomic mass is 16.6. The Balaban J connectivity index is 1.71.